The summed E-state index contributed by atoms with van der Waals surface area (Å²) in [6, 6.07) is 1.11. The van der Waals surface area contributed by atoms with Gasteiger partial charge in [-0.25, -0.2) is 0 Å². The predicted octanol–water partition coefficient (Wildman–Crippen LogP) is 2.53. The van der Waals surface area contributed by atoms with Crippen LogP contribution in [0.25, 0.3) is 0 Å². The molecule has 0 aromatic carbocycles. The summed E-state index contributed by atoms with van der Waals surface area (Å²) in [5.74, 6) is 0. The van der Waals surface area contributed by atoms with Crippen LogP contribution in [0.4, 0.5) is 0 Å². The van der Waals surface area contributed by atoms with Gasteiger partial charge in [-0.1, -0.05) is 0 Å². The summed E-state index contributed by atoms with van der Waals surface area (Å²) in [5, 5.41) is 0. The van der Waals surface area contributed by atoms with Gasteiger partial charge in [-0.2, -0.15) is 0 Å². The summed E-state index contributed by atoms with van der Waals surface area (Å²) < 4.78 is 5.86. The van der Waals surface area contributed by atoms with Crippen molar-refractivity contribution < 1.29 is 19.4 Å². The first-order valence-corrected chi connectivity index (χ1v) is 5.42. The van der Waals surface area contributed by atoms with Crippen LogP contribution in [0.15, 0.2) is 12.4 Å². The van der Waals surface area contributed by atoms with Crippen molar-refractivity contribution in [1.29, 1.82) is 0 Å². The van der Waals surface area contributed by atoms with Gasteiger partial charge in [-0.15, -0.1) is 0 Å². The molecule has 0 saturated carbocycles. The predicted molar refractivity (Wildman–Crippen MR) is 46.4 cm³/mol. The molecule has 0 aliphatic rings. The zero-order chi connectivity index (χ0) is 9.30. The number of nitrogens with zero attached hydrogens (tertiary/aromatic N) is 2. The molecule has 1 aromatic heterocycles. The van der Waals surface area contributed by atoms with Crippen LogP contribution in [0.1, 0.15) is 39.8 Å². The summed E-state index contributed by atoms with van der Waals surface area (Å²) in [4.78, 5) is 0. The van der Waals surface area contributed by atoms with E-state index in [1.165, 1.54) is 3.80 Å². The van der Waals surface area contributed by atoms with Gasteiger partial charge in [0.1, 0.15) is 0 Å². The van der Waals surface area contributed by atoms with E-state index in [4.69, 9.17) is 0 Å². The zero-order valence-corrected chi connectivity index (χ0v) is 10.3. The second kappa shape index (κ2) is 3.74. The van der Waals surface area contributed by atoms with E-state index >= 15 is 0 Å². The van der Waals surface area contributed by atoms with Crippen LogP contribution < -0.4 is 0 Å². The molecular weight excluding hydrogens is 331 g/mol. The minimum atomic E-state index is 0.553. The Balaban J connectivity index is 3.14. The monoisotopic (exact) mass is 347 g/mol. The number of hydrogen-bond donors (Lipinski definition) is 0. The van der Waals surface area contributed by atoms with Gasteiger partial charge in [0.25, 0.3) is 0 Å². The molecule has 0 spiro atoms. The number of aromatic nitrogens is 2. The Bertz CT molecular complexity index is 278. The number of rotatable bonds is 2. The minimum absolute atomic E-state index is 0.553. The summed E-state index contributed by atoms with van der Waals surface area (Å²) >= 11 is 2.38. The molecule has 2 nitrogen and oxygen atoms in total. The van der Waals surface area contributed by atoms with Crippen LogP contribution in [0.3, 0.4) is 0 Å². The third-order valence-electron chi connectivity index (χ3n) is 1.89. The Morgan fingerprint density at radius 1 is 1.00 bits per heavy atom. The molecule has 0 unspecified atom stereocenters. The van der Waals surface area contributed by atoms with Crippen LogP contribution in [0, 0.1) is 3.80 Å². The maximum atomic E-state index is 2.38. The first-order valence-electron chi connectivity index (χ1n) is 4.28. The van der Waals surface area contributed by atoms with Crippen LogP contribution in [0.5, 0.6) is 0 Å². The van der Waals surface area contributed by atoms with Crippen molar-refractivity contribution >= 4 is 0 Å². The van der Waals surface area contributed by atoms with Gasteiger partial charge >= 0.3 is 84.5 Å². The van der Waals surface area contributed by atoms with Crippen molar-refractivity contribution in [2.24, 2.45) is 0 Å². The first-order chi connectivity index (χ1) is 5.54. The van der Waals surface area contributed by atoms with Crippen molar-refractivity contribution in [3.8, 4) is 0 Å². The van der Waals surface area contributed by atoms with Crippen molar-refractivity contribution in [3.05, 3.63) is 16.2 Å². The fourth-order valence-corrected chi connectivity index (χ4v) is 2.64. The molecule has 1 rings (SSSR count). The number of hydrogen-bond acceptors (Lipinski definition) is 0. The van der Waals surface area contributed by atoms with Gasteiger partial charge in [0.15, 0.2) is 0 Å². The van der Waals surface area contributed by atoms with Gasteiger partial charge in [0, 0.05) is 0 Å². The van der Waals surface area contributed by atoms with E-state index in [9.17, 15) is 0 Å². The SMILES string of the molecule is CC(C)n1ccn(C(C)C)[c]1=[Pt]. The Kier molecular flexibility index (Phi) is 3.11. The summed E-state index contributed by atoms with van der Waals surface area (Å²) in [6.07, 6.45) is 4.29. The Hall–Kier alpha value is -0.102. The summed E-state index contributed by atoms with van der Waals surface area (Å²) in [7, 11) is 0. The van der Waals surface area contributed by atoms with E-state index in [2.05, 4.69) is 68.6 Å². The molecule has 0 aliphatic carbocycles. The number of imidazole rings is 1. The molecule has 72 valence electrons. The molecular formula is C9H16N2Pt. The van der Waals surface area contributed by atoms with Crippen LogP contribution in [-0.2, 0) is 19.4 Å². The van der Waals surface area contributed by atoms with E-state index in [0.717, 1.165) is 0 Å². The summed E-state index contributed by atoms with van der Waals surface area (Å²) in [6.45, 7) is 8.81. The van der Waals surface area contributed by atoms with Gasteiger partial charge in [0.2, 0.25) is 0 Å². The fraction of sp³-hybridized carbons (Fsp3) is 0.667. The molecule has 0 radical (unpaired) electrons. The van der Waals surface area contributed by atoms with Crippen molar-refractivity contribution in [3.63, 3.8) is 0 Å². The van der Waals surface area contributed by atoms with Crippen LogP contribution in [0.2, 0.25) is 0 Å². The molecule has 0 aliphatic heterocycles. The van der Waals surface area contributed by atoms with Crippen LogP contribution >= 0.6 is 0 Å². The molecule has 0 atom stereocenters. The Morgan fingerprint density at radius 3 is 1.50 bits per heavy atom. The van der Waals surface area contributed by atoms with Gasteiger partial charge in [-0.3, -0.25) is 0 Å². The van der Waals surface area contributed by atoms with Crippen LogP contribution in [-0.4, -0.2) is 9.13 Å². The van der Waals surface area contributed by atoms with E-state index in [1.54, 1.807) is 0 Å². The average molecular weight is 347 g/mol. The second-order valence-electron chi connectivity index (χ2n) is 3.54. The molecule has 1 aromatic rings. The molecule has 0 amide bonds. The average Bonchev–Trinajstić information content (AvgIpc) is 2.30. The van der Waals surface area contributed by atoms with E-state index in [-0.39, 0.29) is 0 Å². The van der Waals surface area contributed by atoms with E-state index < -0.39 is 0 Å². The standard InChI is InChI=1S/C9H16N2.Pt/c1-8(2)10-5-6-11(7-10)9(3)4;/h5-6,8-9H,1-4H3;. The maximum absolute atomic E-state index is 2.38. The molecule has 1 heterocycles. The van der Waals surface area contributed by atoms with Crippen molar-refractivity contribution in [2.45, 2.75) is 39.8 Å². The fourth-order valence-electron chi connectivity index (χ4n) is 1.13. The van der Waals surface area contributed by atoms with Gasteiger partial charge in [0.05, 0.1) is 0 Å². The van der Waals surface area contributed by atoms with E-state index in [0.29, 0.717) is 12.1 Å². The Morgan fingerprint density at radius 2 is 1.33 bits per heavy atom. The normalized spacial score (nSPS) is 11.7. The molecule has 12 heavy (non-hydrogen) atoms. The molecule has 3 heteroatoms. The third-order valence-corrected chi connectivity index (χ3v) is 3.07. The molecule has 0 saturated heterocycles. The van der Waals surface area contributed by atoms with E-state index in [1.807, 2.05) is 0 Å². The summed E-state index contributed by atoms with van der Waals surface area (Å²) in [5.41, 5.74) is 0. The first kappa shape index (κ1) is 9.98. The molecule has 0 N–H and O–H groups in total. The zero-order valence-electron chi connectivity index (χ0n) is 8.02. The second-order valence-corrected chi connectivity index (χ2v) is 4.56. The molecule has 0 fully saturated rings. The van der Waals surface area contributed by atoms with Crippen molar-refractivity contribution in [2.75, 3.05) is 0 Å². The third kappa shape index (κ3) is 1.79. The molecule has 0 bridgehead atoms. The topological polar surface area (TPSA) is 9.86 Å². The quantitative estimate of drug-likeness (QED) is 0.778. The van der Waals surface area contributed by atoms with Gasteiger partial charge < -0.3 is 0 Å². The Labute approximate surface area is 84.6 Å². The van der Waals surface area contributed by atoms with Gasteiger partial charge in [-0.05, 0) is 0 Å². The van der Waals surface area contributed by atoms with Crippen molar-refractivity contribution in [1.82, 2.24) is 9.13 Å².